The minimum absolute atomic E-state index is 0.745. The molecule has 0 atom stereocenters. The molecule has 0 heterocycles. The summed E-state index contributed by atoms with van der Waals surface area (Å²) in [6.07, 6.45) is 2.06. The summed E-state index contributed by atoms with van der Waals surface area (Å²) in [5, 5.41) is 0. The van der Waals surface area contributed by atoms with Crippen molar-refractivity contribution in [3.63, 3.8) is 0 Å². The summed E-state index contributed by atoms with van der Waals surface area (Å²) in [5.74, 6) is 1.59. The van der Waals surface area contributed by atoms with E-state index in [2.05, 4.69) is 12.3 Å². The highest BCUT2D eigenvalue weighted by molar-refractivity contribution is 7.98. The molecule has 2 aromatic carbocycles. The van der Waals surface area contributed by atoms with Gasteiger partial charge in [-0.15, -0.1) is 11.8 Å². The van der Waals surface area contributed by atoms with E-state index in [0.29, 0.717) is 0 Å². The molecular weight excluding hydrogens is 204 g/mol. The molecule has 1 radical (unpaired) electrons. The zero-order valence-electron chi connectivity index (χ0n) is 8.44. The van der Waals surface area contributed by atoms with Gasteiger partial charge in [0.05, 0.1) is 0 Å². The van der Waals surface area contributed by atoms with E-state index in [-0.39, 0.29) is 0 Å². The van der Waals surface area contributed by atoms with Crippen molar-refractivity contribution in [3.05, 3.63) is 54.6 Å². The molecule has 0 aliphatic heterocycles. The van der Waals surface area contributed by atoms with Gasteiger partial charge in [0.1, 0.15) is 11.5 Å². The van der Waals surface area contributed by atoms with Crippen molar-refractivity contribution in [1.29, 1.82) is 0 Å². The molecule has 0 aliphatic carbocycles. The lowest BCUT2D eigenvalue weighted by Crippen LogP contribution is -1.83. The van der Waals surface area contributed by atoms with Crippen molar-refractivity contribution in [3.8, 4) is 11.5 Å². The summed E-state index contributed by atoms with van der Waals surface area (Å²) in [4.78, 5) is 1.24. The first-order valence-corrected chi connectivity index (χ1v) is 5.89. The first kappa shape index (κ1) is 10.1. The van der Waals surface area contributed by atoms with Crippen LogP contribution in [0.15, 0.2) is 53.4 Å². The molecule has 0 fully saturated rings. The Morgan fingerprint density at radius 3 is 2.47 bits per heavy atom. The van der Waals surface area contributed by atoms with Crippen LogP contribution in [0.3, 0.4) is 0 Å². The van der Waals surface area contributed by atoms with E-state index in [0.717, 1.165) is 11.5 Å². The molecule has 0 spiro atoms. The highest BCUT2D eigenvalue weighted by atomic mass is 32.2. The van der Waals surface area contributed by atoms with Gasteiger partial charge in [-0.05, 0) is 36.6 Å². The second-order valence-electron chi connectivity index (χ2n) is 3.00. The van der Waals surface area contributed by atoms with Crippen molar-refractivity contribution in [2.45, 2.75) is 4.90 Å². The van der Waals surface area contributed by atoms with Gasteiger partial charge in [-0.1, -0.05) is 18.2 Å². The SMILES string of the molecule is CSc1ccc(Oc2[c]cccc2)cc1. The molecule has 0 bridgehead atoms. The van der Waals surface area contributed by atoms with Crippen molar-refractivity contribution in [2.24, 2.45) is 0 Å². The number of ether oxygens (including phenoxy) is 1. The van der Waals surface area contributed by atoms with Crippen molar-refractivity contribution >= 4 is 11.8 Å². The molecule has 0 unspecified atom stereocenters. The fraction of sp³-hybridized carbons (Fsp3) is 0.0769. The van der Waals surface area contributed by atoms with Gasteiger partial charge >= 0.3 is 0 Å². The molecule has 0 aliphatic rings. The van der Waals surface area contributed by atoms with Crippen molar-refractivity contribution < 1.29 is 4.74 Å². The van der Waals surface area contributed by atoms with Crippen LogP contribution >= 0.6 is 11.8 Å². The molecule has 0 N–H and O–H groups in total. The number of thioether (sulfide) groups is 1. The molecule has 0 saturated heterocycles. The minimum atomic E-state index is 0.745. The topological polar surface area (TPSA) is 9.23 Å². The smallest absolute Gasteiger partial charge is 0.135 e. The first-order valence-electron chi connectivity index (χ1n) is 4.67. The highest BCUT2D eigenvalue weighted by Crippen LogP contribution is 2.23. The van der Waals surface area contributed by atoms with Gasteiger partial charge < -0.3 is 4.74 Å². The Hall–Kier alpha value is -1.41. The van der Waals surface area contributed by atoms with Crippen molar-refractivity contribution in [1.82, 2.24) is 0 Å². The third-order valence-corrected chi connectivity index (χ3v) is 2.71. The van der Waals surface area contributed by atoms with E-state index in [9.17, 15) is 0 Å². The van der Waals surface area contributed by atoms with Gasteiger partial charge in [0, 0.05) is 11.0 Å². The number of hydrogen-bond acceptors (Lipinski definition) is 2. The molecule has 1 nitrogen and oxygen atoms in total. The normalized spacial score (nSPS) is 9.93. The Labute approximate surface area is 94.1 Å². The van der Waals surface area contributed by atoms with E-state index in [1.54, 1.807) is 11.8 Å². The summed E-state index contributed by atoms with van der Waals surface area (Å²) in [7, 11) is 0. The number of rotatable bonds is 3. The molecule has 0 amide bonds. The number of hydrogen-bond donors (Lipinski definition) is 0. The Morgan fingerprint density at radius 1 is 1.07 bits per heavy atom. The summed E-state index contributed by atoms with van der Waals surface area (Å²) >= 11 is 1.72. The summed E-state index contributed by atoms with van der Waals surface area (Å²) in [5.41, 5.74) is 0. The van der Waals surface area contributed by atoms with Gasteiger partial charge in [0.25, 0.3) is 0 Å². The van der Waals surface area contributed by atoms with E-state index in [1.807, 2.05) is 48.5 Å². The standard InChI is InChI=1S/C13H11OS/c1-15-13-9-7-12(8-10-13)14-11-5-3-2-4-6-11/h2-5,7-10H,1H3. The monoisotopic (exact) mass is 215 g/mol. The van der Waals surface area contributed by atoms with E-state index >= 15 is 0 Å². The average molecular weight is 215 g/mol. The highest BCUT2D eigenvalue weighted by Gasteiger charge is 1.96. The minimum Gasteiger partial charge on any atom is -0.457 e. The Bertz CT molecular complexity index is 408. The summed E-state index contributed by atoms with van der Waals surface area (Å²) in [6, 6.07) is 18.6. The maximum absolute atomic E-state index is 5.61. The second-order valence-corrected chi connectivity index (χ2v) is 3.88. The van der Waals surface area contributed by atoms with Gasteiger partial charge in [0.15, 0.2) is 0 Å². The van der Waals surface area contributed by atoms with Crippen LogP contribution in [0.4, 0.5) is 0 Å². The third-order valence-electron chi connectivity index (χ3n) is 1.97. The Balaban J connectivity index is 2.11. The van der Waals surface area contributed by atoms with Gasteiger partial charge in [-0.2, -0.15) is 0 Å². The van der Waals surface area contributed by atoms with Crippen LogP contribution in [0.5, 0.6) is 11.5 Å². The molecule has 2 heteroatoms. The van der Waals surface area contributed by atoms with Crippen LogP contribution in [-0.4, -0.2) is 6.26 Å². The zero-order valence-corrected chi connectivity index (χ0v) is 9.25. The average Bonchev–Trinajstić information content (AvgIpc) is 2.31. The van der Waals surface area contributed by atoms with E-state index < -0.39 is 0 Å². The third kappa shape index (κ3) is 2.77. The molecule has 0 aromatic heterocycles. The van der Waals surface area contributed by atoms with Crippen LogP contribution in [-0.2, 0) is 0 Å². The largest absolute Gasteiger partial charge is 0.457 e. The second kappa shape index (κ2) is 4.89. The Kier molecular flexibility index (Phi) is 3.30. The lowest BCUT2D eigenvalue weighted by atomic mass is 10.3. The molecule has 15 heavy (non-hydrogen) atoms. The predicted octanol–water partition coefficient (Wildman–Crippen LogP) is 4.00. The predicted molar refractivity (Wildman–Crippen MR) is 63.6 cm³/mol. The lowest BCUT2D eigenvalue weighted by Gasteiger charge is -2.05. The molecular formula is C13H11OS. The fourth-order valence-corrected chi connectivity index (χ4v) is 1.62. The van der Waals surface area contributed by atoms with Crippen molar-refractivity contribution in [2.75, 3.05) is 6.26 Å². The molecule has 75 valence electrons. The van der Waals surface area contributed by atoms with Gasteiger partial charge in [-0.25, -0.2) is 0 Å². The molecule has 0 saturated carbocycles. The quantitative estimate of drug-likeness (QED) is 0.716. The number of benzene rings is 2. The number of para-hydroxylation sites is 1. The fourth-order valence-electron chi connectivity index (χ4n) is 1.21. The zero-order chi connectivity index (χ0) is 10.5. The van der Waals surface area contributed by atoms with E-state index in [1.165, 1.54) is 4.90 Å². The maximum Gasteiger partial charge on any atom is 0.135 e. The van der Waals surface area contributed by atoms with Crippen LogP contribution in [0.25, 0.3) is 0 Å². The maximum atomic E-state index is 5.61. The van der Waals surface area contributed by atoms with Crippen LogP contribution < -0.4 is 4.74 Å². The summed E-state index contributed by atoms with van der Waals surface area (Å²) in [6.45, 7) is 0. The summed E-state index contributed by atoms with van der Waals surface area (Å²) < 4.78 is 5.61. The molecule has 2 rings (SSSR count). The lowest BCUT2D eigenvalue weighted by molar-refractivity contribution is 0.481. The first-order chi connectivity index (χ1) is 7.38. The molecule has 2 aromatic rings. The van der Waals surface area contributed by atoms with Gasteiger partial charge in [0.2, 0.25) is 0 Å². The van der Waals surface area contributed by atoms with Crippen LogP contribution in [0.2, 0.25) is 0 Å². The van der Waals surface area contributed by atoms with Crippen LogP contribution in [0, 0.1) is 6.07 Å². The van der Waals surface area contributed by atoms with Crippen LogP contribution in [0.1, 0.15) is 0 Å². The van der Waals surface area contributed by atoms with Gasteiger partial charge in [-0.3, -0.25) is 0 Å². The Morgan fingerprint density at radius 2 is 1.87 bits per heavy atom. The van der Waals surface area contributed by atoms with E-state index in [4.69, 9.17) is 4.74 Å².